The zero-order valence-electron chi connectivity index (χ0n) is 11.5. The summed E-state index contributed by atoms with van der Waals surface area (Å²) in [4.78, 5) is 0. The fraction of sp³-hybridized carbons (Fsp3) is 0.562. The third-order valence-corrected chi connectivity index (χ3v) is 4.52. The predicted octanol–water partition coefficient (Wildman–Crippen LogP) is 3.66. The molecule has 0 heterocycles. The highest BCUT2D eigenvalue weighted by atomic mass is 35.5. The van der Waals surface area contributed by atoms with Crippen LogP contribution in [0.3, 0.4) is 0 Å². The van der Waals surface area contributed by atoms with E-state index in [0.717, 1.165) is 35.7 Å². The second kappa shape index (κ2) is 5.63. The molecule has 0 unspecified atom stereocenters. The number of hydrogen-bond acceptors (Lipinski definition) is 3. The summed E-state index contributed by atoms with van der Waals surface area (Å²) >= 11 is 6.29. The molecule has 0 radical (unpaired) electrons. The summed E-state index contributed by atoms with van der Waals surface area (Å²) in [5, 5.41) is 13.1. The van der Waals surface area contributed by atoms with Gasteiger partial charge in [0.2, 0.25) is 0 Å². The highest BCUT2D eigenvalue weighted by Crippen LogP contribution is 2.49. The Morgan fingerprint density at radius 2 is 2.20 bits per heavy atom. The Labute approximate surface area is 124 Å². The molecule has 2 aliphatic carbocycles. The lowest BCUT2D eigenvalue weighted by Gasteiger charge is -2.17. The van der Waals surface area contributed by atoms with Crippen molar-refractivity contribution in [2.24, 2.45) is 5.41 Å². The van der Waals surface area contributed by atoms with Crippen LogP contribution in [0.5, 0.6) is 5.75 Å². The van der Waals surface area contributed by atoms with Crippen molar-refractivity contribution in [3.63, 3.8) is 0 Å². The maximum atomic E-state index is 8.85. The number of nitriles is 1. The quantitative estimate of drug-likeness (QED) is 0.833. The molecular weight excluding hydrogens is 272 g/mol. The lowest BCUT2D eigenvalue weighted by molar-refractivity contribution is 0.234. The lowest BCUT2D eigenvalue weighted by atomic mass is 10.1. The van der Waals surface area contributed by atoms with Crippen molar-refractivity contribution in [3.05, 3.63) is 28.8 Å². The molecule has 3 nitrogen and oxygen atoms in total. The molecule has 2 fully saturated rings. The van der Waals surface area contributed by atoms with Crippen LogP contribution in [-0.4, -0.2) is 12.6 Å². The molecule has 0 spiro atoms. The van der Waals surface area contributed by atoms with Gasteiger partial charge in [-0.1, -0.05) is 17.7 Å². The third-order valence-electron chi connectivity index (χ3n) is 4.17. The molecule has 0 aromatic heterocycles. The van der Waals surface area contributed by atoms with Gasteiger partial charge < -0.3 is 10.1 Å². The van der Waals surface area contributed by atoms with Gasteiger partial charge in [-0.05, 0) is 37.8 Å². The third kappa shape index (κ3) is 3.26. The summed E-state index contributed by atoms with van der Waals surface area (Å²) in [6.45, 7) is 1.38. The fourth-order valence-electron chi connectivity index (χ4n) is 2.33. The first-order valence-corrected chi connectivity index (χ1v) is 7.61. The first-order chi connectivity index (χ1) is 9.72. The van der Waals surface area contributed by atoms with Crippen LogP contribution in [0.1, 0.15) is 37.7 Å². The van der Waals surface area contributed by atoms with Crippen molar-refractivity contribution < 1.29 is 4.74 Å². The van der Waals surface area contributed by atoms with Crippen molar-refractivity contribution in [1.29, 1.82) is 5.26 Å². The molecule has 0 saturated heterocycles. The Balaban J connectivity index is 1.65. The van der Waals surface area contributed by atoms with E-state index >= 15 is 0 Å². The molecule has 2 aliphatic rings. The van der Waals surface area contributed by atoms with E-state index in [1.807, 2.05) is 18.2 Å². The van der Waals surface area contributed by atoms with Crippen LogP contribution in [0.2, 0.25) is 5.02 Å². The number of hydrogen-bond donors (Lipinski definition) is 1. The molecule has 20 heavy (non-hydrogen) atoms. The summed E-state index contributed by atoms with van der Waals surface area (Å²) < 4.78 is 5.97. The van der Waals surface area contributed by atoms with Crippen LogP contribution in [0, 0.1) is 16.7 Å². The largest absolute Gasteiger partial charge is 0.493 e. The molecule has 106 valence electrons. The molecular formula is C16H19ClN2O. The molecule has 0 atom stereocenters. The van der Waals surface area contributed by atoms with Gasteiger partial charge >= 0.3 is 0 Å². The topological polar surface area (TPSA) is 45.0 Å². The number of rotatable bonds is 7. The van der Waals surface area contributed by atoms with E-state index in [2.05, 4.69) is 11.4 Å². The van der Waals surface area contributed by atoms with E-state index in [4.69, 9.17) is 21.6 Å². The first kappa shape index (κ1) is 13.7. The zero-order valence-corrected chi connectivity index (χ0v) is 12.2. The molecule has 4 heteroatoms. The fourth-order valence-corrected chi connectivity index (χ4v) is 2.56. The van der Waals surface area contributed by atoms with Gasteiger partial charge in [0.05, 0.1) is 12.7 Å². The molecule has 1 aromatic rings. The molecule has 2 saturated carbocycles. The van der Waals surface area contributed by atoms with Gasteiger partial charge in [0, 0.05) is 35.0 Å². The zero-order chi connectivity index (χ0) is 14.0. The lowest BCUT2D eigenvalue weighted by Crippen LogP contribution is -2.18. The Hall–Kier alpha value is -1.24. The minimum absolute atomic E-state index is 0.0955. The van der Waals surface area contributed by atoms with Gasteiger partial charge in [-0.2, -0.15) is 5.26 Å². The van der Waals surface area contributed by atoms with E-state index in [1.165, 1.54) is 12.8 Å². The van der Waals surface area contributed by atoms with Gasteiger partial charge in [-0.3, -0.25) is 0 Å². The number of benzene rings is 1. The van der Waals surface area contributed by atoms with Crippen molar-refractivity contribution >= 4 is 11.6 Å². The Kier molecular flexibility index (Phi) is 3.87. The summed E-state index contributed by atoms with van der Waals surface area (Å²) in [7, 11) is 0. The highest BCUT2D eigenvalue weighted by molar-refractivity contribution is 6.31. The predicted molar refractivity (Wildman–Crippen MR) is 78.7 cm³/mol. The van der Waals surface area contributed by atoms with Crippen LogP contribution in [0.4, 0.5) is 0 Å². The van der Waals surface area contributed by atoms with Crippen molar-refractivity contribution in [2.75, 3.05) is 6.61 Å². The van der Waals surface area contributed by atoms with E-state index < -0.39 is 0 Å². The van der Waals surface area contributed by atoms with Crippen molar-refractivity contribution in [3.8, 4) is 11.8 Å². The molecule has 0 amide bonds. The highest BCUT2D eigenvalue weighted by Gasteiger charge is 2.43. The van der Waals surface area contributed by atoms with Crippen LogP contribution in [-0.2, 0) is 6.54 Å². The van der Waals surface area contributed by atoms with Crippen molar-refractivity contribution in [1.82, 2.24) is 5.32 Å². The van der Waals surface area contributed by atoms with Gasteiger partial charge in [0.15, 0.2) is 0 Å². The second-order valence-electron chi connectivity index (χ2n) is 6.00. The normalized spacial score (nSPS) is 19.4. The van der Waals surface area contributed by atoms with Crippen LogP contribution in [0.25, 0.3) is 0 Å². The van der Waals surface area contributed by atoms with Gasteiger partial charge in [0.1, 0.15) is 5.75 Å². The summed E-state index contributed by atoms with van der Waals surface area (Å²) in [6, 6.07) is 8.70. The van der Waals surface area contributed by atoms with Crippen LogP contribution < -0.4 is 10.1 Å². The number of ether oxygens (including phenoxy) is 1. The maximum absolute atomic E-state index is 8.85. The molecule has 1 aromatic carbocycles. The van der Waals surface area contributed by atoms with E-state index in [-0.39, 0.29) is 5.41 Å². The standard InChI is InChI=1S/C16H19ClN2O/c17-14-2-1-3-15(13(14)10-19-12-4-5-12)20-11-16(6-7-16)8-9-18/h1-3,12,19H,4-8,10-11H2. The second-order valence-corrected chi connectivity index (χ2v) is 6.40. The van der Waals surface area contributed by atoms with Crippen LogP contribution >= 0.6 is 11.6 Å². The average molecular weight is 291 g/mol. The van der Waals surface area contributed by atoms with E-state index in [0.29, 0.717) is 19.1 Å². The molecule has 1 N–H and O–H groups in total. The van der Waals surface area contributed by atoms with Gasteiger partial charge in [0.25, 0.3) is 0 Å². The Morgan fingerprint density at radius 1 is 1.40 bits per heavy atom. The monoisotopic (exact) mass is 290 g/mol. The SMILES string of the molecule is N#CCC1(COc2cccc(Cl)c2CNC2CC2)CC1. The smallest absolute Gasteiger partial charge is 0.125 e. The Bertz CT molecular complexity index is 530. The summed E-state index contributed by atoms with van der Waals surface area (Å²) in [5.74, 6) is 0.856. The minimum Gasteiger partial charge on any atom is -0.493 e. The van der Waals surface area contributed by atoms with E-state index in [1.54, 1.807) is 0 Å². The molecule has 0 bridgehead atoms. The van der Waals surface area contributed by atoms with Gasteiger partial charge in [-0.25, -0.2) is 0 Å². The molecule has 0 aliphatic heterocycles. The summed E-state index contributed by atoms with van der Waals surface area (Å²) in [5.41, 5.74) is 1.13. The van der Waals surface area contributed by atoms with Gasteiger partial charge in [-0.15, -0.1) is 0 Å². The first-order valence-electron chi connectivity index (χ1n) is 7.23. The number of halogens is 1. The minimum atomic E-state index is 0.0955. The summed E-state index contributed by atoms with van der Waals surface area (Å²) in [6.07, 6.45) is 5.29. The number of nitrogens with one attached hydrogen (secondary N) is 1. The maximum Gasteiger partial charge on any atom is 0.125 e. The van der Waals surface area contributed by atoms with Crippen LogP contribution in [0.15, 0.2) is 18.2 Å². The van der Waals surface area contributed by atoms with E-state index in [9.17, 15) is 0 Å². The molecule has 3 rings (SSSR count). The average Bonchev–Trinajstić information content (AvgIpc) is 3.32. The number of nitrogens with zero attached hydrogens (tertiary/aromatic N) is 1. The van der Waals surface area contributed by atoms with Crippen molar-refractivity contribution in [2.45, 2.75) is 44.7 Å². The Morgan fingerprint density at radius 3 is 2.85 bits per heavy atom.